The predicted molar refractivity (Wildman–Crippen MR) is 73.4 cm³/mol. The molecule has 0 fully saturated rings. The van der Waals surface area contributed by atoms with Gasteiger partial charge in [-0.05, 0) is 7.05 Å². The molecule has 0 aliphatic heterocycles. The second-order valence-electron chi connectivity index (χ2n) is 0. The molecule has 50 valence electrons. The van der Waals surface area contributed by atoms with Gasteiger partial charge in [0.15, 0.2) is 0 Å². The topological polar surface area (TPSA) is 26.0 Å². The second kappa shape index (κ2) is 50.7. The van der Waals surface area contributed by atoms with Crippen LogP contribution in [0.4, 0.5) is 0 Å². The van der Waals surface area contributed by atoms with Crippen LogP contribution in [0.2, 0.25) is 0 Å². The molecule has 7 heavy (non-hydrogen) atoms. The molecule has 0 atom stereocenters. The predicted octanol–water partition coefficient (Wildman–Crippen LogP) is -0.404. The van der Waals surface area contributed by atoms with Crippen molar-refractivity contribution >= 4 is 127 Å². The summed E-state index contributed by atoms with van der Waals surface area (Å²) in [5.74, 6) is 0. The van der Waals surface area contributed by atoms with Crippen LogP contribution in [0, 0.1) is 0 Å². The van der Waals surface area contributed by atoms with E-state index in [4.69, 9.17) is 0 Å². The van der Waals surface area contributed by atoms with E-state index in [0.29, 0.717) is 0 Å². The summed E-state index contributed by atoms with van der Waals surface area (Å²) >= 11 is 0. The van der Waals surface area contributed by atoms with Gasteiger partial charge in [0.25, 0.3) is 0 Å². The molecule has 0 aromatic carbocycles. The number of rotatable bonds is 0. The Morgan fingerprint density at radius 3 is 0.714 bits per heavy atom. The molecule has 4 radical (unpaired) electrons. The van der Waals surface area contributed by atoms with Crippen molar-refractivity contribution < 1.29 is 0 Å². The third-order valence-corrected chi connectivity index (χ3v) is 0. The van der Waals surface area contributed by atoms with Gasteiger partial charge in [0.1, 0.15) is 0 Å². The molecule has 0 amide bonds. The SMILES string of the molecule is CN.I.I.I.[PbH2].[PbH2]. The molecule has 0 saturated carbocycles. The molecule has 0 spiro atoms. The van der Waals surface area contributed by atoms with Crippen LogP contribution in [0.3, 0.4) is 0 Å². The van der Waals surface area contributed by atoms with Crippen molar-refractivity contribution in [2.75, 3.05) is 7.05 Å². The zero-order chi connectivity index (χ0) is 2.00. The number of nitrogens with two attached hydrogens (primary N) is 1. The van der Waals surface area contributed by atoms with Crippen LogP contribution in [0.5, 0.6) is 0 Å². The summed E-state index contributed by atoms with van der Waals surface area (Å²) < 4.78 is 0. The summed E-state index contributed by atoms with van der Waals surface area (Å²) in [7, 11) is 1.50. The molecule has 0 aliphatic rings. The van der Waals surface area contributed by atoms with Crippen LogP contribution in [0.15, 0.2) is 0 Å². The van der Waals surface area contributed by atoms with Crippen molar-refractivity contribution in [3.8, 4) is 0 Å². The fourth-order valence-corrected chi connectivity index (χ4v) is 0. The average Bonchev–Trinajstić information content (AvgIpc) is 1.00. The molecule has 0 heterocycles. The molecule has 0 unspecified atom stereocenters. The van der Waals surface area contributed by atoms with Gasteiger partial charge >= 0.3 is 54.6 Å². The van der Waals surface area contributed by atoms with Crippen molar-refractivity contribution in [3.05, 3.63) is 0 Å². The van der Waals surface area contributed by atoms with Crippen molar-refractivity contribution in [3.63, 3.8) is 0 Å². The fraction of sp³-hybridized carbons (Fsp3) is 1.00. The Morgan fingerprint density at radius 2 is 0.714 bits per heavy atom. The van der Waals surface area contributed by atoms with Gasteiger partial charge in [-0.15, -0.1) is 71.9 Å². The van der Waals surface area contributed by atoms with Crippen LogP contribution in [-0.2, 0) is 0 Å². The maximum atomic E-state index is 4.50. The van der Waals surface area contributed by atoms with Crippen LogP contribution in [-0.4, -0.2) is 61.6 Å². The van der Waals surface area contributed by atoms with Gasteiger partial charge in [-0.3, -0.25) is 0 Å². The van der Waals surface area contributed by atoms with Crippen molar-refractivity contribution in [1.29, 1.82) is 0 Å². The van der Waals surface area contributed by atoms with E-state index in [1.807, 2.05) is 0 Å². The molecule has 1 nitrogen and oxygen atoms in total. The van der Waals surface area contributed by atoms with Gasteiger partial charge < -0.3 is 5.73 Å². The van der Waals surface area contributed by atoms with E-state index in [-0.39, 0.29) is 127 Å². The van der Waals surface area contributed by atoms with E-state index < -0.39 is 0 Å². The first-order chi connectivity index (χ1) is 1.00. The first-order valence-electron chi connectivity index (χ1n) is 0.577. The van der Waals surface area contributed by atoms with Gasteiger partial charge in [-0.1, -0.05) is 0 Å². The van der Waals surface area contributed by atoms with Crippen LogP contribution >= 0.6 is 71.9 Å². The molecule has 2 N–H and O–H groups in total. The fourth-order valence-electron chi connectivity index (χ4n) is 0. The Labute approximate surface area is 136 Å². The van der Waals surface area contributed by atoms with E-state index >= 15 is 0 Å². The minimum atomic E-state index is 0. The Bertz CT molecular complexity index is 12.9. The first kappa shape index (κ1) is 44.0. The van der Waals surface area contributed by atoms with Gasteiger partial charge in [0, 0.05) is 0 Å². The Balaban J connectivity index is -0.000000000500. The summed E-state index contributed by atoms with van der Waals surface area (Å²) in [5, 5.41) is 0. The van der Waals surface area contributed by atoms with Crippen LogP contribution in [0.25, 0.3) is 0 Å². The Morgan fingerprint density at radius 1 is 0.714 bits per heavy atom. The van der Waals surface area contributed by atoms with Gasteiger partial charge in [0.2, 0.25) is 0 Å². The minimum absolute atomic E-state index is 0. The van der Waals surface area contributed by atoms with Gasteiger partial charge in [0.05, 0.1) is 0 Å². The molecule has 6 heteroatoms. The molecular weight excluding hydrogens is 821 g/mol. The number of hydrogen-bond acceptors (Lipinski definition) is 1. The zero-order valence-corrected chi connectivity index (χ0v) is 22.2. The molecular formula is CH12I3NPb2. The first-order valence-corrected chi connectivity index (χ1v) is 0.577. The standard InChI is InChI=1S/CH5N.3HI.2Pb.4H/c1-2;;;;;;;;;/h2H2,1H3;3*1H;;;;;;. The summed E-state index contributed by atoms with van der Waals surface area (Å²) in [6, 6.07) is 0. The van der Waals surface area contributed by atoms with Crippen molar-refractivity contribution in [2.24, 2.45) is 5.73 Å². The van der Waals surface area contributed by atoms with Crippen LogP contribution in [0.1, 0.15) is 0 Å². The van der Waals surface area contributed by atoms with E-state index in [0.717, 1.165) is 0 Å². The van der Waals surface area contributed by atoms with Crippen LogP contribution < -0.4 is 5.73 Å². The monoisotopic (exact) mass is 835 g/mol. The average molecular weight is 833 g/mol. The summed E-state index contributed by atoms with van der Waals surface area (Å²) in [6.45, 7) is 0. The molecule has 0 bridgehead atoms. The van der Waals surface area contributed by atoms with Crippen molar-refractivity contribution in [2.45, 2.75) is 0 Å². The number of halogens is 3. The molecule has 0 aromatic heterocycles. The third-order valence-electron chi connectivity index (χ3n) is 0. The third kappa shape index (κ3) is 40.0. The molecule has 0 aromatic rings. The summed E-state index contributed by atoms with van der Waals surface area (Å²) in [5.41, 5.74) is 4.50. The van der Waals surface area contributed by atoms with E-state index in [1.165, 1.54) is 7.05 Å². The Hall–Kier alpha value is 3.99. The van der Waals surface area contributed by atoms with E-state index in [9.17, 15) is 0 Å². The Kier molecular flexibility index (Phi) is 319. The summed E-state index contributed by atoms with van der Waals surface area (Å²) in [4.78, 5) is 0. The zero-order valence-electron chi connectivity index (χ0n) is 4.22. The molecule has 0 rings (SSSR count). The summed E-state index contributed by atoms with van der Waals surface area (Å²) in [6.07, 6.45) is 0. The molecule has 0 saturated heterocycles. The second-order valence-corrected chi connectivity index (χ2v) is 0. The maximum absolute atomic E-state index is 4.50. The number of hydrogen-bond donors (Lipinski definition) is 1. The van der Waals surface area contributed by atoms with Gasteiger partial charge in [-0.2, -0.15) is 0 Å². The van der Waals surface area contributed by atoms with E-state index in [1.54, 1.807) is 0 Å². The van der Waals surface area contributed by atoms with Crippen molar-refractivity contribution in [1.82, 2.24) is 0 Å². The quantitative estimate of drug-likeness (QED) is 0.262. The molecule has 0 aliphatic carbocycles. The van der Waals surface area contributed by atoms with E-state index in [2.05, 4.69) is 5.73 Å². The van der Waals surface area contributed by atoms with Gasteiger partial charge in [-0.25, -0.2) is 0 Å². The normalized spacial score (nSPS) is 0.857.